The van der Waals surface area contributed by atoms with E-state index in [1.54, 1.807) is 7.11 Å². The summed E-state index contributed by atoms with van der Waals surface area (Å²) >= 11 is 0. The maximum Gasteiger partial charge on any atom is 0.220 e. The number of fused-ring (bicyclic) bond motifs is 1. The summed E-state index contributed by atoms with van der Waals surface area (Å²) < 4.78 is 10.8. The zero-order chi connectivity index (χ0) is 16.1. The van der Waals surface area contributed by atoms with Crippen LogP contribution >= 0.6 is 0 Å². The average molecular weight is 316 g/mol. The summed E-state index contributed by atoms with van der Waals surface area (Å²) in [4.78, 5) is 15.2. The number of rotatable bonds is 7. The van der Waals surface area contributed by atoms with Crippen LogP contribution in [-0.4, -0.2) is 37.3 Å². The van der Waals surface area contributed by atoms with Crippen molar-refractivity contribution in [2.45, 2.75) is 38.2 Å². The molecule has 2 N–H and O–H groups in total. The van der Waals surface area contributed by atoms with Crippen molar-refractivity contribution in [1.82, 2.24) is 10.3 Å². The number of methoxy groups -OCH3 is 1. The Bertz CT molecular complexity index is 659. The van der Waals surface area contributed by atoms with E-state index in [9.17, 15) is 4.79 Å². The van der Waals surface area contributed by atoms with Crippen LogP contribution in [0.15, 0.2) is 24.4 Å². The maximum atomic E-state index is 11.9. The van der Waals surface area contributed by atoms with Gasteiger partial charge in [-0.3, -0.25) is 4.79 Å². The first-order valence-electron chi connectivity index (χ1n) is 8.28. The molecule has 2 heterocycles. The van der Waals surface area contributed by atoms with E-state index < -0.39 is 0 Å². The van der Waals surface area contributed by atoms with Crippen LogP contribution in [0.4, 0.5) is 0 Å². The van der Waals surface area contributed by atoms with Gasteiger partial charge in [0.15, 0.2) is 0 Å². The summed E-state index contributed by atoms with van der Waals surface area (Å²) in [5.74, 6) is 0.955. The fourth-order valence-corrected chi connectivity index (χ4v) is 3.08. The van der Waals surface area contributed by atoms with Gasteiger partial charge in [0.05, 0.1) is 13.2 Å². The third-order valence-corrected chi connectivity index (χ3v) is 4.41. The lowest BCUT2D eigenvalue weighted by molar-refractivity contribution is -0.121. The summed E-state index contributed by atoms with van der Waals surface area (Å²) in [5.41, 5.74) is 2.28. The summed E-state index contributed by atoms with van der Waals surface area (Å²) in [7, 11) is 1.67. The van der Waals surface area contributed by atoms with Gasteiger partial charge in [-0.2, -0.15) is 0 Å². The number of nitrogens with one attached hydrogen (secondary N) is 2. The first kappa shape index (κ1) is 15.9. The largest absolute Gasteiger partial charge is 0.497 e. The standard InChI is InChI=1S/C18H24N2O3/c1-22-15-4-6-17-16(11-15)13(12-20-17)8-9-19-18(21)7-5-14-3-2-10-23-14/h4,6,11-12,14,20H,2-3,5,7-10H2,1H3,(H,19,21). The number of carbonyl (C=O) groups is 1. The molecule has 0 saturated carbocycles. The van der Waals surface area contributed by atoms with Crippen molar-refractivity contribution in [3.05, 3.63) is 30.0 Å². The fraction of sp³-hybridized carbons (Fsp3) is 0.500. The Kier molecular flexibility index (Phi) is 5.18. The molecule has 1 fully saturated rings. The number of hydrogen-bond acceptors (Lipinski definition) is 3. The van der Waals surface area contributed by atoms with E-state index in [-0.39, 0.29) is 12.0 Å². The Balaban J connectivity index is 1.47. The number of H-pyrrole nitrogens is 1. The molecular weight excluding hydrogens is 292 g/mol. The first-order chi connectivity index (χ1) is 11.3. The van der Waals surface area contributed by atoms with E-state index in [1.807, 2.05) is 24.4 Å². The maximum absolute atomic E-state index is 11.9. The lowest BCUT2D eigenvalue weighted by atomic mass is 10.1. The zero-order valence-electron chi connectivity index (χ0n) is 13.6. The van der Waals surface area contributed by atoms with Gasteiger partial charge in [0.2, 0.25) is 5.91 Å². The van der Waals surface area contributed by atoms with Gasteiger partial charge in [-0.1, -0.05) is 0 Å². The molecule has 1 aliphatic rings. The molecule has 1 aromatic heterocycles. The molecule has 2 aromatic rings. The van der Waals surface area contributed by atoms with Crippen LogP contribution < -0.4 is 10.1 Å². The summed E-state index contributed by atoms with van der Waals surface area (Å²) in [6.07, 6.45) is 6.67. The van der Waals surface area contributed by atoms with Crippen molar-refractivity contribution in [3.63, 3.8) is 0 Å². The lowest BCUT2D eigenvalue weighted by Crippen LogP contribution is -2.26. The van der Waals surface area contributed by atoms with Gasteiger partial charge in [-0.15, -0.1) is 0 Å². The summed E-state index contributed by atoms with van der Waals surface area (Å²) in [6.45, 7) is 1.49. The number of aromatic amines is 1. The van der Waals surface area contributed by atoms with Gasteiger partial charge in [0, 0.05) is 36.7 Å². The van der Waals surface area contributed by atoms with Crippen LogP contribution in [0.5, 0.6) is 5.75 Å². The number of carbonyl (C=O) groups excluding carboxylic acids is 1. The molecule has 1 atom stereocenters. The van der Waals surface area contributed by atoms with E-state index >= 15 is 0 Å². The minimum Gasteiger partial charge on any atom is -0.497 e. The van der Waals surface area contributed by atoms with Gasteiger partial charge in [-0.05, 0) is 49.4 Å². The predicted molar refractivity (Wildman–Crippen MR) is 89.8 cm³/mol. The Hall–Kier alpha value is -2.01. The Labute approximate surface area is 136 Å². The second kappa shape index (κ2) is 7.51. The van der Waals surface area contributed by atoms with Crippen molar-refractivity contribution in [1.29, 1.82) is 0 Å². The molecule has 5 nitrogen and oxygen atoms in total. The van der Waals surface area contributed by atoms with Crippen LogP contribution in [0.2, 0.25) is 0 Å². The fourth-order valence-electron chi connectivity index (χ4n) is 3.08. The molecule has 1 unspecified atom stereocenters. The molecule has 3 rings (SSSR count). The monoisotopic (exact) mass is 316 g/mol. The highest BCUT2D eigenvalue weighted by Crippen LogP contribution is 2.23. The quantitative estimate of drug-likeness (QED) is 0.825. The molecule has 0 radical (unpaired) electrons. The molecule has 23 heavy (non-hydrogen) atoms. The van der Waals surface area contributed by atoms with Crippen molar-refractivity contribution in [3.8, 4) is 5.75 Å². The molecule has 1 aromatic carbocycles. The van der Waals surface area contributed by atoms with Crippen LogP contribution in [0.1, 0.15) is 31.2 Å². The number of hydrogen-bond donors (Lipinski definition) is 2. The minimum absolute atomic E-state index is 0.109. The SMILES string of the molecule is COc1ccc2[nH]cc(CCNC(=O)CCC3CCCO3)c2c1. The summed E-state index contributed by atoms with van der Waals surface area (Å²) in [5, 5.41) is 4.15. The highest BCUT2D eigenvalue weighted by atomic mass is 16.5. The van der Waals surface area contributed by atoms with Crippen LogP contribution in [-0.2, 0) is 16.0 Å². The lowest BCUT2D eigenvalue weighted by Gasteiger charge is -2.09. The van der Waals surface area contributed by atoms with Crippen molar-refractivity contribution in [2.24, 2.45) is 0 Å². The molecule has 0 spiro atoms. The van der Waals surface area contributed by atoms with E-state index in [0.29, 0.717) is 13.0 Å². The van der Waals surface area contributed by atoms with Gasteiger partial charge in [-0.25, -0.2) is 0 Å². The highest BCUT2D eigenvalue weighted by molar-refractivity contribution is 5.84. The van der Waals surface area contributed by atoms with Crippen LogP contribution in [0.25, 0.3) is 10.9 Å². The molecule has 1 aliphatic heterocycles. The van der Waals surface area contributed by atoms with Crippen LogP contribution in [0.3, 0.4) is 0 Å². The molecule has 1 amide bonds. The van der Waals surface area contributed by atoms with Gasteiger partial charge in [0.25, 0.3) is 0 Å². The van der Waals surface area contributed by atoms with Gasteiger partial charge < -0.3 is 19.8 Å². The van der Waals surface area contributed by atoms with Crippen LogP contribution in [0, 0.1) is 0 Å². The molecule has 0 aliphatic carbocycles. The number of amides is 1. The second-order valence-corrected chi connectivity index (χ2v) is 6.00. The average Bonchev–Trinajstić information content (AvgIpc) is 3.22. The highest BCUT2D eigenvalue weighted by Gasteiger charge is 2.16. The Morgan fingerprint density at radius 1 is 1.48 bits per heavy atom. The topological polar surface area (TPSA) is 63.3 Å². The molecular formula is C18H24N2O3. The van der Waals surface area contributed by atoms with E-state index in [1.165, 1.54) is 5.56 Å². The van der Waals surface area contributed by atoms with E-state index in [2.05, 4.69) is 10.3 Å². The second-order valence-electron chi connectivity index (χ2n) is 6.00. The molecule has 124 valence electrons. The third-order valence-electron chi connectivity index (χ3n) is 4.41. The number of aromatic nitrogens is 1. The van der Waals surface area contributed by atoms with Crippen molar-refractivity contribution >= 4 is 16.8 Å². The first-order valence-corrected chi connectivity index (χ1v) is 8.28. The van der Waals surface area contributed by atoms with Gasteiger partial charge in [0.1, 0.15) is 5.75 Å². The van der Waals surface area contributed by atoms with E-state index in [0.717, 1.165) is 48.9 Å². The Morgan fingerprint density at radius 2 is 2.39 bits per heavy atom. The summed E-state index contributed by atoms with van der Waals surface area (Å²) in [6, 6.07) is 5.98. The smallest absolute Gasteiger partial charge is 0.220 e. The normalized spacial score (nSPS) is 17.5. The van der Waals surface area contributed by atoms with Crippen molar-refractivity contribution < 1.29 is 14.3 Å². The predicted octanol–water partition coefficient (Wildman–Crippen LogP) is 2.79. The number of ether oxygens (including phenoxy) is 2. The number of benzene rings is 1. The Morgan fingerprint density at radius 3 is 3.17 bits per heavy atom. The van der Waals surface area contributed by atoms with Gasteiger partial charge >= 0.3 is 0 Å². The molecule has 1 saturated heterocycles. The van der Waals surface area contributed by atoms with E-state index in [4.69, 9.17) is 9.47 Å². The third kappa shape index (κ3) is 4.05. The van der Waals surface area contributed by atoms with Crippen molar-refractivity contribution in [2.75, 3.05) is 20.3 Å². The zero-order valence-corrected chi connectivity index (χ0v) is 13.6. The molecule has 0 bridgehead atoms. The minimum atomic E-state index is 0.109. The molecule has 5 heteroatoms.